The number of hydrogen-bond donors (Lipinski definition) is 0. The molecule has 1 aromatic heterocycles. The summed E-state index contributed by atoms with van der Waals surface area (Å²) in [6.45, 7) is 0.0154. The highest BCUT2D eigenvalue weighted by Crippen LogP contribution is 2.32. The monoisotopic (exact) mass is 368 g/mol. The van der Waals surface area contributed by atoms with Gasteiger partial charge in [0.15, 0.2) is 5.69 Å². The van der Waals surface area contributed by atoms with Gasteiger partial charge in [0.1, 0.15) is 6.26 Å². The van der Waals surface area contributed by atoms with Gasteiger partial charge in [0, 0.05) is 11.6 Å². The van der Waals surface area contributed by atoms with Crippen LogP contribution >= 0.6 is 0 Å². The van der Waals surface area contributed by atoms with Crippen LogP contribution in [-0.4, -0.2) is 34.9 Å². The number of methoxy groups -OCH3 is 1. The first-order valence-electron chi connectivity index (χ1n) is 7.80. The third kappa shape index (κ3) is 3.87. The summed E-state index contributed by atoms with van der Waals surface area (Å²) in [7, 11) is 1.21. The van der Waals surface area contributed by atoms with Gasteiger partial charge in [0.05, 0.1) is 19.2 Å². The average molecular weight is 368 g/mol. The molecule has 1 aromatic carbocycles. The minimum Gasteiger partial charge on any atom is -0.464 e. The van der Waals surface area contributed by atoms with Gasteiger partial charge >= 0.3 is 12.1 Å². The third-order valence-electron chi connectivity index (χ3n) is 3.96. The van der Waals surface area contributed by atoms with Crippen molar-refractivity contribution in [3.8, 4) is 0 Å². The summed E-state index contributed by atoms with van der Waals surface area (Å²) in [5.41, 5.74) is -0.688. The zero-order chi connectivity index (χ0) is 18.9. The second-order valence-electron chi connectivity index (χ2n) is 5.86. The van der Waals surface area contributed by atoms with E-state index in [1.165, 1.54) is 12.0 Å². The van der Waals surface area contributed by atoms with Crippen LogP contribution in [-0.2, 0) is 17.5 Å². The molecule has 138 valence electrons. The van der Waals surface area contributed by atoms with Crippen molar-refractivity contribution in [1.82, 2.24) is 9.88 Å². The predicted molar refractivity (Wildman–Crippen MR) is 82.2 cm³/mol. The van der Waals surface area contributed by atoms with Gasteiger partial charge in [-0.25, -0.2) is 9.78 Å². The molecule has 1 amide bonds. The first-order chi connectivity index (χ1) is 12.3. The minimum absolute atomic E-state index is 0.0137. The fraction of sp³-hybridized carbons (Fsp3) is 0.353. The molecule has 6 nitrogen and oxygen atoms in total. The average Bonchev–Trinajstić information content (AvgIpc) is 3.35. The van der Waals surface area contributed by atoms with E-state index in [2.05, 4.69) is 9.72 Å². The Bertz CT molecular complexity index is 810. The van der Waals surface area contributed by atoms with E-state index >= 15 is 0 Å². The van der Waals surface area contributed by atoms with E-state index < -0.39 is 23.6 Å². The molecule has 0 aliphatic heterocycles. The van der Waals surface area contributed by atoms with Gasteiger partial charge < -0.3 is 14.1 Å². The Hall–Kier alpha value is -2.84. The molecular weight excluding hydrogens is 353 g/mol. The topological polar surface area (TPSA) is 72.6 Å². The van der Waals surface area contributed by atoms with Crippen molar-refractivity contribution in [2.24, 2.45) is 0 Å². The van der Waals surface area contributed by atoms with Crippen LogP contribution in [0.15, 0.2) is 34.9 Å². The van der Waals surface area contributed by atoms with Crippen LogP contribution in [0.5, 0.6) is 0 Å². The number of aromatic nitrogens is 1. The van der Waals surface area contributed by atoms with E-state index in [4.69, 9.17) is 4.42 Å². The van der Waals surface area contributed by atoms with Crippen molar-refractivity contribution in [1.29, 1.82) is 0 Å². The smallest absolute Gasteiger partial charge is 0.416 e. The number of ether oxygens (including phenoxy) is 1. The number of benzene rings is 1. The van der Waals surface area contributed by atoms with Crippen molar-refractivity contribution in [2.45, 2.75) is 31.6 Å². The lowest BCUT2D eigenvalue weighted by atomic mass is 10.1. The molecule has 1 saturated carbocycles. The zero-order valence-corrected chi connectivity index (χ0v) is 13.7. The molecular formula is C17H15F3N2O4. The van der Waals surface area contributed by atoms with E-state index in [0.717, 1.165) is 43.4 Å². The van der Waals surface area contributed by atoms with Crippen molar-refractivity contribution < 1.29 is 31.9 Å². The molecule has 1 heterocycles. The van der Waals surface area contributed by atoms with Crippen molar-refractivity contribution in [3.05, 3.63) is 53.2 Å². The Balaban J connectivity index is 1.76. The molecule has 9 heteroatoms. The van der Waals surface area contributed by atoms with Crippen molar-refractivity contribution in [2.75, 3.05) is 7.11 Å². The van der Waals surface area contributed by atoms with E-state index in [0.29, 0.717) is 0 Å². The first-order valence-corrected chi connectivity index (χ1v) is 7.80. The number of halogens is 3. The Kier molecular flexibility index (Phi) is 4.71. The Morgan fingerprint density at radius 1 is 1.27 bits per heavy atom. The zero-order valence-electron chi connectivity index (χ0n) is 13.7. The van der Waals surface area contributed by atoms with Gasteiger partial charge in [0.25, 0.3) is 5.91 Å². The number of esters is 1. The summed E-state index contributed by atoms with van der Waals surface area (Å²) in [6.07, 6.45) is -1.75. The first kappa shape index (κ1) is 18.0. The highest BCUT2D eigenvalue weighted by atomic mass is 19.4. The predicted octanol–water partition coefficient (Wildman–Crippen LogP) is 3.28. The van der Waals surface area contributed by atoms with E-state index in [9.17, 15) is 22.8 Å². The lowest BCUT2D eigenvalue weighted by molar-refractivity contribution is -0.137. The minimum atomic E-state index is -4.46. The summed E-state index contributed by atoms with van der Waals surface area (Å²) in [4.78, 5) is 29.5. The lowest BCUT2D eigenvalue weighted by Gasteiger charge is -2.21. The normalized spacial score (nSPS) is 14.2. The summed E-state index contributed by atoms with van der Waals surface area (Å²) >= 11 is 0. The van der Waals surface area contributed by atoms with Gasteiger partial charge in [-0.2, -0.15) is 13.2 Å². The van der Waals surface area contributed by atoms with Crippen LogP contribution in [0.25, 0.3) is 0 Å². The van der Waals surface area contributed by atoms with Gasteiger partial charge in [-0.3, -0.25) is 4.79 Å². The summed E-state index contributed by atoms with van der Waals surface area (Å²) < 4.78 is 47.7. The molecule has 3 rings (SSSR count). The maximum atomic E-state index is 12.7. The number of rotatable bonds is 5. The van der Waals surface area contributed by atoms with Crippen LogP contribution in [0.2, 0.25) is 0 Å². The standard InChI is InChI=1S/C17H15F3N2O4/c1-25-16(24)13-9-26-14(21-13)8-22(12-6-7-12)15(23)10-2-4-11(5-3-10)17(18,19)20/h2-5,9,12H,6-8H2,1H3. The summed E-state index contributed by atoms with van der Waals surface area (Å²) in [5.74, 6) is -0.927. The Morgan fingerprint density at radius 2 is 1.92 bits per heavy atom. The summed E-state index contributed by atoms with van der Waals surface area (Å²) in [6, 6.07) is 4.02. The number of hydrogen-bond acceptors (Lipinski definition) is 5. The van der Waals surface area contributed by atoms with Gasteiger partial charge in [-0.1, -0.05) is 0 Å². The molecule has 2 aromatic rings. The second-order valence-corrected chi connectivity index (χ2v) is 5.86. The lowest BCUT2D eigenvalue weighted by Crippen LogP contribution is -2.32. The van der Waals surface area contributed by atoms with Gasteiger partial charge in [-0.05, 0) is 37.1 Å². The van der Waals surface area contributed by atoms with Gasteiger partial charge in [-0.15, -0.1) is 0 Å². The van der Waals surface area contributed by atoms with Crippen LogP contribution in [0, 0.1) is 0 Å². The molecule has 26 heavy (non-hydrogen) atoms. The molecule has 1 aliphatic carbocycles. The molecule has 0 radical (unpaired) electrons. The van der Waals surface area contributed by atoms with Crippen LogP contribution in [0.1, 0.15) is 45.1 Å². The second kappa shape index (κ2) is 6.81. The SMILES string of the molecule is COC(=O)c1coc(CN(C(=O)c2ccc(C(F)(F)F)cc2)C2CC2)n1. The molecule has 1 fully saturated rings. The van der Waals surface area contributed by atoms with E-state index in [1.807, 2.05) is 0 Å². The highest BCUT2D eigenvalue weighted by Gasteiger charge is 2.35. The number of amides is 1. The van der Waals surface area contributed by atoms with Crippen molar-refractivity contribution >= 4 is 11.9 Å². The third-order valence-corrected chi connectivity index (χ3v) is 3.96. The highest BCUT2D eigenvalue weighted by molar-refractivity contribution is 5.94. The van der Waals surface area contributed by atoms with Crippen LogP contribution in [0.4, 0.5) is 13.2 Å². The van der Waals surface area contributed by atoms with Gasteiger partial charge in [0.2, 0.25) is 5.89 Å². The molecule has 0 saturated heterocycles. The largest absolute Gasteiger partial charge is 0.464 e. The van der Waals surface area contributed by atoms with Crippen LogP contribution < -0.4 is 0 Å². The molecule has 0 N–H and O–H groups in total. The Labute approximate surface area is 146 Å². The fourth-order valence-electron chi connectivity index (χ4n) is 2.45. The maximum absolute atomic E-state index is 12.7. The molecule has 0 atom stereocenters. The van der Waals surface area contributed by atoms with Crippen molar-refractivity contribution in [3.63, 3.8) is 0 Å². The number of nitrogens with zero attached hydrogens (tertiary/aromatic N) is 2. The Morgan fingerprint density at radius 3 is 2.46 bits per heavy atom. The number of oxazole rings is 1. The fourth-order valence-corrected chi connectivity index (χ4v) is 2.45. The summed E-state index contributed by atoms with van der Waals surface area (Å²) in [5, 5.41) is 0. The molecule has 0 spiro atoms. The van der Waals surface area contributed by atoms with E-state index in [-0.39, 0.29) is 29.7 Å². The number of carbonyl (C=O) groups is 2. The molecule has 0 unspecified atom stereocenters. The van der Waals surface area contributed by atoms with E-state index in [1.54, 1.807) is 0 Å². The quantitative estimate of drug-likeness (QED) is 0.758. The number of alkyl halides is 3. The van der Waals surface area contributed by atoms with Crippen LogP contribution in [0.3, 0.4) is 0 Å². The molecule has 0 bridgehead atoms. The molecule has 1 aliphatic rings. The maximum Gasteiger partial charge on any atom is 0.416 e. The number of carbonyl (C=O) groups excluding carboxylic acids is 2.